The van der Waals surface area contributed by atoms with E-state index in [9.17, 15) is 9.59 Å². The van der Waals surface area contributed by atoms with Crippen LogP contribution in [0.1, 0.15) is 24.1 Å². The number of carbonyl (C=O) groups is 1. The number of thiazole rings is 1. The van der Waals surface area contributed by atoms with Gasteiger partial charge in [0.2, 0.25) is 0 Å². The second kappa shape index (κ2) is 9.54. The highest BCUT2D eigenvalue weighted by Gasteiger charge is 2.32. The molecular weight excluding hydrogens is 440 g/mol. The van der Waals surface area contributed by atoms with Crippen LogP contribution in [0.3, 0.4) is 0 Å². The minimum atomic E-state index is -0.588. The first-order chi connectivity index (χ1) is 15.5. The predicted octanol–water partition coefficient (Wildman–Crippen LogP) is 3.80. The van der Waals surface area contributed by atoms with E-state index in [1.807, 2.05) is 73.0 Å². The van der Waals surface area contributed by atoms with Crippen molar-refractivity contribution in [1.82, 2.24) is 4.57 Å². The summed E-state index contributed by atoms with van der Waals surface area (Å²) in [6.45, 7) is 1.78. The highest BCUT2D eigenvalue weighted by molar-refractivity contribution is 7.98. The summed E-state index contributed by atoms with van der Waals surface area (Å²) in [5, 5.41) is 0. The molecule has 1 atom stereocenters. The Labute approximate surface area is 194 Å². The number of ether oxygens (including phenoxy) is 1. The van der Waals surface area contributed by atoms with Crippen molar-refractivity contribution >= 4 is 41.2 Å². The second-order valence-electron chi connectivity index (χ2n) is 7.14. The fourth-order valence-electron chi connectivity index (χ4n) is 3.62. The van der Waals surface area contributed by atoms with Gasteiger partial charge >= 0.3 is 5.97 Å². The van der Waals surface area contributed by atoms with Gasteiger partial charge in [0, 0.05) is 4.90 Å². The van der Waals surface area contributed by atoms with Crippen LogP contribution in [-0.4, -0.2) is 23.9 Å². The molecular formula is C25H22N2O3S2. The molecule has 2 aromatic carbocycles. The highest BCUT2D eigenvalue weighted by atomic mass is 32.2. The van der Waals surface area contributed by atoms with E-state index in [-0.39, 0.29) is 5.56 Å². The van der Waals surface area contributed by atoms with Crippen LogP contribution in [0.2, 0.25) is 0 Å². The molecule has 162 valence electrons. The molecule has 0 fully saturated rings. The number of methoxy groups -OCH3 is 1. The van der Waals surface area contributed by atoms with Gasteiger partial charge in [-0.1, -0.05) is 66.0 Å². The number of hydrogen-bond acceptors (Lipinski definition) is 6. The molecule has 0 N–H and O–H groups in total. The Bertz CT molecular complexity index is 1380. The lowest BCUT2D eigenvalue weighted by Crippen LogP contribution is -2.39. The maximum absolute atomic E-state index is 13.4. The lowest BCUT2D eigenvalue weighted by molar-refractivity contribution is -0.136. The number of thioether (sulfide) groups is 1. The van der Waals surface area contributed by atoms with Crippen molar-refractivity contribution in [3.05, 3.63) is 103 Å². The van der Waals surface area contributed by atoms with Crippen LogP contribution in [0.4, 0.5) is 0 Å². The summed E-state index contributed by atoms with van der Waals surface area (Å²) in [6.07, 6.45) is 7.60. The first kappa shape index (κ1) is 22.0. The van der Waals surface area contributed by atoms with Crippen molar-refractivity contribution in [2.45, 2.75) is 17.9 Å². The molecule has 7 heteroatoms. The number of fused-ring (bicyclic) bond motifs is 1. The first-order valence-electron chi connectivity index (χ1n) is 10.00. The zero-order valence-electron chi connectivity index (χ0n) is 17.9. The van der Waals surface area contributed by atoms with E-state index >= 15 is 0 Å². The lowest BCUT2D eigenvalue weighted by atomic mass is 9.96. The number of carbonyl (C=O) groups excluding carboxylic acids is 1. The number of esters is 1. The molecule has 5 nitrogen and oxygen atoms in total. The summed E-state index contributed by atoms with van der Waals surface area (Å²) >= 11 is 2.95. The van der Waals surface area contributed by atoms with Crippen LogP contribution in [0.5, 0.6) is 0 Å². The van der Waals surface area contributed by atoms with Gasteiger partial charge in [-0.3, -0.25) is 9.36 Å². The summed E-state index contributed by atoms with van der Waals surface area (Å²) in [6, 6.07) is 17.2. The fraction of sp³-hybridized carbons (Fsp3) is 0.160. The summed E-state index contributed by atoms with van der Waals surface area (Å²) in [4.78, 5) is 32.3. The number of benzene rings is 2. The predicted molar refractivity (Wildman–Crippen MR) is 130 cm³/mol. The molecule has 0 spiro atoms. The van der Waals surface area contributed by atoms with Crippen molar-refractivity contribution in [2.24, 2.45) is 4.99 Å². The second-order valence-corrected chi connectivity index (χ2v) is 9.03. The minimum absolute atomic E-state index is 0.181. The molecule has 1 unspecified atom stereocenters. The average Bonchev–Trinajstić information content (AvgIpc) is 3.13. The molecule has 0 saturated heterocycles. The zero-order valence-corrected chi connectivity index (χ0v) is 19.6. The third kappa shape index (κ3) is 4.26. The molecule has 2 heterocycles. The number of nitrogens with zero attached hydrogens (tertiary/aromatic N) is 2. The van der Waals surface area contributed by atoms with Crippen LogP contribution in [0.15, 0.2) is 86.6 Å². The molecule has 1 aromatic heterocycles. The maximum atomic E-state index is 13.4. The van der Waals surface area contributed by atoms with Crippen LogP contribution >= 0.6 is 23.1 Å². The molecule has 3 aromatic rings. The van der Waals surface area contributed by atoms with E-state index in [1.54, 1.807) is 29.3 Å². The van der Waals surface area contributed by atoms with Gasteiger partial charge in [0.05, 0.1) is 29.0 Å². The summed E-state index contributed by atoms with van der Waals surface area (Å²) in [5.41, 5.74) is 2.64. The molecule has 1 aliphatic rings. The van der Waals surface area contributed by atoms with E-state index in [0.29, 0.717) is 20.6 Å². The van der Waals surface area contributed by atoms with E-state index in [0.717, 1.165) is 16.0 Å². The topological polar surface area (TPSA) is 60.7 Å². The van der Waals surface area contributed by atoms with Gasteiger partial charge in [0.1, 0.15) is 0 Å². The summed E-state index contributed by atoms with van der Waals surface area (Å²) in [5.74, 6) is -0.483. The Balaban J connectivity index is 1.86. The van der Waals surface area contributed by atoms with Gasteiger partial charge in [-0.2, -0.15) is 0 Å². The van der Waals surface area contributed by atoms with Gasteiger partial charge in [-0.25, -0.2) is 9.79 Å². The van der Waals surface area contributed by atoms with E-state index in [4.69, 9.17) is 4.74 Å². The lowest BCUT2D eigenvalue weighted by Gasteiger charge is -2.24. The largest absolute Gasteiger partial charge is 0.466 e. The Morgan fingerprint density at radius 3 is 2.53 bits per heavy atom. The quantitative estimate of drug-likeness (QED) is 0.428. The highest BCUT2D eigenvalue weighted by Crippen LogP contribution is 2.31. The molecule has 0 amide bonds. The van der Waals surface area contributed by atoms with Crippen molar-refractivity contribution in [3.63, 3.8) is 0 Å². The van der Waals surface area contributed by atoms with Crippen molar-refractivity contribution in [2.75, 3.05) is 13.4 Å². The maximum Gasteiger partial charge on any atom is 0.338 e. The first-order valence-corrected chi connectivity index (χ1v) is 12.0. The Morgan fingerprint density at radius 1 is 1.16 bits per heavy atom. The Kier molecular flexibility index (Phi) is 6.58. The molecule has 0 saturated carbocycles. The summed E-state index contributed by atoms with van der Waals surface area (Å²) in [7, 11) is 1.34. The molecule has 1 aliphatic heterocycles. The Morgan fingerprint density at radius 2 is 1.88 bits per heavy atom. The number of rotatable bonds is 5. The SMILES string of the molecule is COC(=O)C1=C(C)N=c2sc(=CC=Cc3ccccc3)c(=O)n2C1c1ccc(SC)cc1. The normalized spacial score (nSPS) is 16.2. The zero-order chi connectivity index (χ0) is 22.7. The molecule has 0 bridgehead atoms. The average molecular weight is 463 g/mol. The van der Waals surface area contributed by atoms with Gasteiger partial charge in [-0.15, -0.1) is 11.8 Å². The van der Waals surface area contributed by atoms with Gasteiger partial charge in [0.15, 0.2) is 4.80 Å². The third-order valence-electron chi connectivity index (χ3n) is 5.19. The Hall–Kier alpha value is -3.16. The van der Waals surface area contributed by atoms with Crippen molar-refractivity contribution < 1.29 is 9.53 Å². The minimum Gasteiger partial charge on any atom is -0.466 e. The van der Waals surface area contributed by atoms with Crippen LogP contribution in [0, 0.1) is 0 Å². The molecule has 0 aliphatic carbocycles. The standard InChI is InChI=1S/C25H22N2O3S2/c1-16-21(24(29)30-2)22(18-12-14-19(31-3)15-13-18)27-23(28)20(32-25(27)26-16)11-7-10-17-8-5-4-6-9-17/h4-15,22H,1-3H3. The van der Waals surface area contributed by atoms with Crippen molar-refractivity contribution in [3.8, 4) is 0 Å². The van der Waals surface area contributed by atoms with Crippen LogP contribution in [0.25, 0.3) is 12.2 Å². The van der Waals surface area contributed by atoms with E-state index < -0.39 is 12.0 Å². The van der Waals surface area contributed by atoms with Gasteiger partial charge in [-0.05, 0) is 42.5 Å². The number of aromatic nitrogens is 1. The van der Waals surface area contributed by atoms with E-state index in [2.05, 4.69) is 4.99 Å². The van der Waals surface area contributed by atoms with E-state index in [1.165, 1.54) is 18.4 Å². The van der Waals surface area contributed by atoms with Crippen LogP contribution < -0.4 is 14.9 Å². The van der Waals surface area contributed by atoms with Crippen molar-refractivity contribution in [1.29, 1.82) is 0 Å². The monoisotopic (exact) mass is 462 g/mol. The molecule has 4 rings (SSSR count). The third-order valence-corrected chi connectivity index (χ3v) is 6.94. The molecule has 32 heavy (non-hydrogen) atoms. The number of allylic oxidation sites excluding steroid dienone is 2. The fourth-order valence-corrected chi connectivity index (χ4v) is 5.03. The molecule has 0 radical (unpaired) electrons. The van der Waals surface area contributed by atoms with Gasteiger partial charge < -0.3 is 4.74 Å². The number of hydrogen-bond donors (Lipinski definition) is 0. The smallest absolute Gasteiger partial charge is 0.338 e. The van der Waals surface area contributed by atoms with Gasteiger partial charge in [0.25, 0.3) is 5.56 Å². The van der Waals surface area contributed by atoms with Crippen LogP contribution in [-0.2, 0) is 9.53 Å². The summed E-state index contributed by atoms with van der Waals surface area (Å²) < 4.78 is 7.19.